The molecule has 0 saturated carbocycles. The van der Waals surface area contributed by atoms with E-state index in [1.807, 2.05) is 42.5 Å². The van der Waals surface area contributed by atoms with E-state index in [4.69, 9.17) is 8.94 Å². The number of nitrogens with zero attached hydrogens (tertiary/aromatic N) is 5. The fraction of sp³-hybridized carbons (Fsp3) is 0.200. The highest BCUT2D eigenvalue weighted by atomic mass is 16.5. The average molecular weight is 390 g/mol. The Hall–Kier alpha value is -3.88. The van der Waals surface area contributed by atoms with Crippen LogP contribution in [0.15, 0.2) is 63.8 Å². The van der Waals surface area contributed by atoms with Gasteiger partial charge in [0.15, 0.2) is 0 Å². The number of aromatic nitrogens is 5. The summed E-state index contributed by atoms with van der Waals surface area (Å²) in [6.45, 7) is 0.185. The smallest absolute Gasteiger partial charge is 0.247 e. The molecule has 146 valence electrons. The number of carbonyl (C=O) groups excluding carboxylic acids is 1. The summed E-state index contributed by atoms with van der Waals surface area (Å²) in [6, 6.07) is 13.1. The molecule has 4 rings (SSSR count). The molecule has 0 aliphatic rings. The maximum atomic E-state index is 12.0. The molecule has 0 atom stereocenters. The lowest BCUT2D eigenvalue weighted by Gasteiger charge is -2.01. The predicted molar refractivity (Wildman–Crippen MR) is 102 cm³/mol. The van der Waals surface area contributed by atoms with Gasteiger partial charge in [-0.3, -0.25) is 9.78 Å². The molecule has 3 aromatic heterocycles. The molecule has 3 heterocycles. The molecule has 9 nitrogen and oxygen atoms in total. The minimum Gasteiger partial charge on any atom is -0.419 e. The molecule has 0 aliphatic heterocycles. The monoisotopic (exact) mass is 390 g/mol. The number of aryl methyl sites for hydroxylation is 1. The van der Waals surface area contributed by atoms with E-state index in [-0.39, 0.29) is 12.5 Å². The van der Waals surface area contributed by atoms with Gasteiger partial charge in [-0.2, -0.15) is 4.98 Å². The van der Waals surface area contributed by atoms with E-state index < -0.39 is 0 Å². The first kappa shape index (κ1) is 18.5. The Morgan fingerprint density at radius 2 is 1.86 bits per heavy atom. The summed E-state index contributed by atoms with van der Waals surface area (Å²) in [6.07, 6.45) is 4.77. The van der Waals surface area contributed by atoms with Crippen molar-refractivity contribution in [3.63, 3.8) is 0 Å². The molecule has 1 N–H and O–H groups in total. The van der Waals surface area contributed by atoms with Crippen LogP contribution in [0.4, 0.5) is 0 Å². The van der Waals surface area contributed by atoms with Crippen molar-refractivity contribution >= 4 is 5.91 Å². The summed E-state index contributed by atoms with van der Waals surface area (Å²) < 4.78 is 10.8. The lowest BCUT2D eigenvalue weighted by Crippen LogP contribution is -2.22. The second kappa shape index (κ2) is 8.87. The minimum absolute atomic E-state index is 0.114. The maximum absolute atomic E-state index is 12.0. The van der Waals surface area contributed by atoms with Gasteiger partial charge in [-0.1, -0.05) is 23.4 Å². The van der Waals surface area contributed by atoms with Crippen LogP contribution in [0.3, 0.4) is 0 Å². The summed E-state index contributed by atoms with van der Waals surface area (Å²) in [7, 11) is 0. The molecule has 0 radical (unpaired) electrons. The molecule has 0 aliphatic carbocycles. The third-order valence-electron chi connectivity index (χ3n) is 4.11. The van der Waals surface area contributed by atoms with Crippen molar-refractivity contribution in [2.75, 3.05) is 0 Å². The highest BCUT2D eigenvalue weighted by Crippen LogP contribution is 2.17. The van der Waals surface area contributed by atoms with Gasteiger partial charge in [0.25, 0.3) is 0 Å². The van der Waals surface area contributed by atoms with Crippen LogP contribution in [0.2, 0.25) is 0 Å². The Morgan fingerprint density at radius 3 is 2.69 bits per heavy atom. The number of pyridine rings is 1. The van der Waals surface area contributed by atoms with Gasteiger partial charge in [0.05, 0.1) is 6.54 Å². The van der Waals surface area contributed by atoms with Crippen LogP contribution in [-0.4, -0.2) is 31.2 Å². The third kappa shape index (κ3) is 4.89. The first-order chi connectivity index (χ1) is 14.3. The second-order valence-corrected chi connectivity index (χ2v) is 6.25. The number of benzene rings is 1. The summed E-state index contributed by atoms with van der Waals surface area (Å²) >= 11 is 0. The van der Waals surface area contributed by atoms with Crippen molar-refractivity contribution in [1.29, 1.82) is 0 Å². The van der Waals surface area contributed by atoms with Crippen LogP contribution in [-0.2, 0) is 17.8 Å². The van der Waals surface area contributed by atoms with Crippen molar-refractivity contribution in [2.45, 2.75) is 25.8 Å². The Balaban J connectivity index is 1.21. The van der Waals surface area contributed by atoms with E-state index in [9.17, 15) is 4.79 Å². The van der Waals surface area contributed by atoms with Crippen molar-refractivity contribution in [3.05, 3.63) is 66.6 Å². The number of amides is 1. The first-order valence-electron chi connectivity index (χ1n) is 9.15. The van der Waals surface area contributed by atoms with Gasteiger partial charge >= 0.3 is 0 Å². The molecule has 29 heavy (non-hydrogen) atoms. The Kier molecular flexibility index (Phi) is 5.65. The molecular weight excluding hydrogens is 372 g/mol. The minimum atomic E-state index is -0.114. The van der Waals surface area contributed by atoms with Crippen molar-refractivity contribution < 1.29 is 13.7 Å². The third-order valence-corrected chi connectivity index (χ3v) is 4.11. The molecule has 0 fully saturated rings. The summed E-state index contributed by atoms with van der Waals surface area (Å²) in [5, 5.41) is 14.7. The number of carbonyl (C=O) groups is 1. The fourth-order valence-electron chi connectivity index (χ4n) is 2.65. The van der Waals surface area contributed by atoms with E-state index in [1.54, 1.807) is 12.4 Å². The lowest BCUT2D eigenvalue weighted by molar-refractivity contribution is -0.121. The van der Waals surface area contributed by atoms with Crippen molar-refractivity contribution in [2.24, 2.45) is 0 Å². The fourth-order valence-corrected chi connectivity index (χ4v) is 2.65. The van der Waals surface area contributed by atoms with Gasteiger partial charge in [-0.15, -0.1) is 10.2 Å². The lowest BCUT2D eigenvalue weighted by atomic mass is 10.2. The van der Waals surface area contributed by atoms with Gasteiger partial charge in [0, 0.05) is 36.4 Å². The Bertz CT molecular complexity index is 1060. The zero-order valence-electron chi connectivity index (χ0n) is 15.5. The molecular formula is C20H18N6O3. The highest BCUT2D eigenvalue weighted by molar-refractivity contribution is 5.75. The van der Waals surface area contributed by atoms with Crippen molar-refractivity contribution in [3.8, 4) is 22.8 Å². The Morgan fingerprint density at radius 1 is 1.00 bits per heavy atom. The average Bonchev–Trinajstić information content (AvgIpc) is 3.44. The van der Waals surface area contributed by atoms with Crippen LogP contribution < -0.4 is 5.32 Å². The van der Waals surface area contributed by atoms with E-state index in [0.717, 1.165) is 11.1 Å². The number of hydrogen-bond donors (Lipinski definition) is 1. The van der Waals surface area contributed by atoms with E-state index in [1.165, 1.54) is 0 Å². The number of rotatable bonds is 8. The summed E-state index contributed by atoms with van der Waals surface area (Å²) in [4.78, 5) is 20.4. The van der Waals surface area contributed by atoms with Crippen LogP contribution in [0.1, 0.15) is 24.6 Å². The van der Waals surface area contributed by atoms with Crippen LogP contribution in [0.5, 0.6) is 0 Å². The quantitative estimate of drug-likeness (QED) is 0.488. The molecule has 0 bridgehead atoms. The van der Waals surface area contributed by atoms with Gasteiger partial charge in [-0.25, -0.2) is 0 Å². The van der Waals surface area contributed by atoms with E-state index in [0.29, 0.717) is 42.8 Å². The standard InChI is InChI=1S/C20H18N6O3/c27-16(22-13-18-24-25-20(28-18)14-6-2-1-3-7-14)9-4-10-17-23-19(26-29-17)15-8-5-11-21-12-15/h1-3,5-8,11-12H,4,9-10,13H2,(H,22,27). The van der Waals surface area contributed by atoms with Crippen LogP contribution >= 0.6 is 0 Å². The molecule has 0 spiro atoms. The van der Waals surface area contributed by atoms with Crippen LogP contribution in [0, 0.1) is 0 Å². The highest BCUT2D eigenvalue weighted by Gasteiger charge is 2.11. The van der Waals surface area contributed by atoms with Crippen molar-refractivity contribution in [1.82, 2.24) is 30.6 Å². The van der Waals surface area contributed by atoms with Crippen LogP contribution in [0.25, 0.3) is 22.8 Å². The number of nitrogens with one attached hydrogen (secondary N) is 1. The number of hydrogen-bond acceptors (Lipinski definition) is 8. The predicted octanol–water partition coefficient (Wildman–Crippen LogP) is 2.82. The van der Waals surface area contributed by atoms with Gasteiger partial charge in [0.2, 0.25) is 29.4 Å². The normalized spacial score (nSPS) is 10.8. The van der Waals surface area contributed by atoms with E-state index in [2.05, 4.69) is 30.6 Å². The van der Waals surface area contributed by atoms with Gasteiger partial charge in [-0.05, 0) is 30.7 Å². The van der Waals surface area contributed by atoms with Gasteiger partial charge in [0.1, 0.15) is 0 Å². The second-order valence-electron chi connectivity index (χ2n) is 6.25. The topological polar surface area (TPSA) is 120 Å². The Labute approximate surface area is 166 Å². The molecule has 1 aromatic carbocycles. The SMILES string of the molecule is O=C(CCCc1nc(-c2cccnc2)no1)NCc1nnc(-c2ccccc2)o1. The largest absolute Gasteiger partial charge is 0.419 e. The zero-order valence-corrected chi connectivity index (χ0v) is 15.5. The molecule has 1 amide bonds. The summed E-state index contributed by atoms with van der Waals surface area (Å²) in [5.41, 5.74) is 1.62. The zero-order chi connectivity index (χ0) is 19.9. The molecule has 0 saturated heterocycles. The first-order valence-corrected chi connectivity index (χ1v) is 9.15. The molecule has 9 heteroatoms. The maximum Gasteiger partial charge on any atom is 0.247 e. The summed E-state index contributed by atoms with van der Waals surface area (Å²) in [5.74, 6) is 1.64. The van der Waals surface area contributed by atoms with E-state index >= 15 is 0 Å². The molecule has 0 unspecified atom stereocenters. The molecule has 4 aromatic rings. The van der Waals surface area contributed by atoms with Gasteiger partial charge < -0.3 is 14.3 Å².